The van der Waals surface area contributed by atoms with E-state index < -0.39 is 42.8 Å². The molecule has 4 unspecified atom stereocenters. The third-order valence-electron chi connectivity index (χ3n) is 3.98. The van der Waals surface area contributed by atoms with E-state index in [4.69, 9.17) is 5.11 Å². The summed E-state index contributed by atoms with van der Waals surface area (Å²) in [4.78, 5) is 23.6. The highest BCUT2D eigenvalue weighted by atomic mass is 16.6. The molecule has 0 aliphatic heterocycles. The molecule has 0 aliphatic carbocycles. The third kappa shape index (κ3) is 8.73. The Labute approximate surface area is 143 Å². The first-order valence-corrected chi connectivity index (χ1v) is 8.79. The van der Waals surface area contributed by atoms with E-state index in [2.05, 4.69) is 4.74 Å². The summed E-state index contributed by atoms with van der Waals surface area (Å²) in [6.07, 6.45) is 1.50. The van der Waals surface area contributed by atoms with Crippen molar-refractivity contribution in [3.63, 3.8) is 0 Å². The number of carbonyl (C=O) groups is 2. The maximum absolute atomic E-state index is 12.2. The van der Waals surface area contributed by atoms with Crippen molar-refractivity contribution in [3.05, 3.63) is 0 Å². The third-order valence-corrected chi connectivity index (χ3v) is 3.98. The average Bonchev–Trinajstić information content (AvgIpc) is 2.57. The second-order valence-electron chi connectivity index (χ2n) is 6.09. The van der Waals surface area contributed by atoms with Crippen molar-refractivity contribution < 1.29 is 34.8 Å². The average molecular weight is 348 g/mol. The lowest BCUT2D eigenvalue weighted by Crippen LogP contribution is -2.41. The molecule has 4 atom stereocenters. The smallest absolute Gasteiger partial charge is 0.345 e. The first-order chi connectivity index (χ1) is 11.4. The highest BCUT2D eigenvalue weighted by molar-refractivity contribution is 5.89. The van der Waals surface area contributed by atoms with Crippen molar-refractivity contribution in [3.8, 4) is 0 Å². The minimum Gasteiger partial charge on any atom is -0.393 e. The Morgan fingerprint density at radius 3 is 2.04 bits per heavy atom. The van der Waals surface area contributed by atoms with E-state index >= 15 is 0 Å². The summed E-state index contributed by atoms with van der Waals surface area (Å²) < 4.78 is 4.54. The number of aliphatic hydroxyl groups is 4. The van der Waals surface area contributed by atoms with E-state index in [1.807, 2.05) is 13.8 Å². The van der Waals surface area contributed by atoms with Gasteiger partial charge in [0.1, 0.15) is 0 Å². The fraction of sp³-hybridized carbons (Fsp3) is 0.882. The lowest BCUT2D eigenvalue weighted by molar-refractivity contribution is -0.173. The van der Waals surface area contributed by atoms with Gasteiger partial charge in [-0.25, -0.2) is 4.79 Å². The van der Waals surface area contributed by atoms with Crippen LogP contribution in [0.1, 0.15) is 65.2 Å². The van der Waals surface area contributed by atoms with E-state index in [0.29, 0.717) is 19.3 Å². The van der Waals surface area contributed by atoms with Gasteiger partial charge in [0.25, 0.3) is 0 Å². The highest BCUT2D eigenvalue weighted by Crippen LogP contribution is 2.21. The molecule has 0 saturated heterocycles. The predicted molar refractivity (Wildman–Crippen MR) is 88.0 cm³/mol. The van der Waals surface area contributed by atoms with Crippen molar-refractivity contribution in [2.75, 3.05) is 6.61 Å². The van der Waals surface area contributed by atoms with E-state index in [0.717, 1.165) is 25.7 Å². The minimum absolute atomic E-state index is 0.283. The monoisotopic (exact) mass is 348 g/mol. The van der Waals surface area contributed by atoms with E-state index in [1.54, 1.807) is 0 Å². The largest absolute Gasteiger partial charge is 0.393 e. The summed E-state index contributed by atoms with van der Waals surface area (Å²) in [6, 6.07) is 0. The molecule has 0 aromatic rings. The summed E-state index contributed by atoms with van der Waals surface area (Å²) in [5, 5.41) is 38.2. The number of rotatable bonds is 13. The molecule has 7 nitrogen and oxygen atoms in total. The van der Waals surface area contributed by atoms with Crippen LogP contribution in [0.4, 0.5) is 0 Å². The molecule has 0 aromatic carbocycles. The molecule has 0 heterocycles. The quantitative estimate of drug-likeness (QED) is 0.221. The number of aliphatic hydroxyl groups excluding tert-OH is 4. The van der Waals surface area contributed by atoms with Crippen LogP contribution in [-0.2, 0) is 14.3 Å². The first kappa shape index (κ1) is 23.0. The molecule has 0 saturated carbocycles. The number of esters is 2. The molecule has 0 rings (SSSR count). The van der Waals surface area contributed by atoms with Gasteiger partial charge in [-0.15, -0.1) is 0 Å². The topological polar surface area (TPSA) is 124 Å². The molecule has 0 aromatic heterocycles. The summed E-state index contributed by atoms with van der Waals surface area (Å²) >= 11 is 0. The van der Waals surface area contributed by atoms with Crippen molar-refractivity contribution in [2.24, 2.45) is 5.92 Å². The predicted octanol–water partition coefficient (Wildman–Crippen LogP) is 0.908. The fourth-order valence-corrected chi connectivity index (χ4v) is 2.39. The maximum atomic E-state index is 12.2. The fourth-order valence-electron chi connectivity index (χ4n) is 2.39. The summed E-state index contributed by atoms with van der Waals surface area (Å²) in [5.41, 5.74) is 0. The normalized spacial score (nSPS) is 16.2. The van der Waals surface area contributed by atoms with E-state index in [1.165, 1.54) is 0 Å². The Balaban J connectivity index is 4.82. The second kappa shape index (κ2) is 13.3. The molecule has 0 fully saturated rings. The molecular weight excluding hydrogens is 316 g/mol. The van der Waals surface area contributed by atoms with Gasteiger partial charge in [0, 0.05) is 0 Å². The number of carbonyl (C=O) groups excluding carboxylic acids is 2. The van der Waals surface area contributed by atoms with Crippen LogP contribution in [0.25, 0.3) is 0 Å². The van der Waals surface area contributed by atoms with Gasteiger partial charge in [-0.05, 0) is 12.8 Å². The van der Waals surface area contributed by atoms with E-state index in [9.17, 15) is 24.9 Å². The maximum Gasteiger partial charge on any atom is 0.345 e. The standard InChI is InChI=1S/C17H32O7/c1-3-5-7-8-9-12(15(21)13(19)10-6-4-2)16(22)24-17(23)14(20)11-18/h12-15,18-21H,3-11H2,1-2H3. The van der Waals surface area contributed by atoms with Gasteiger partial charge in [0.05, 0.1) is 24.7 Å². The lowest BCUT2D eigenvalue weighted by atomic mass is 9.90. The molecule has 0 bridgehead atoms. The zero-order valence-electron chi connectivity index (χ0n) is 14.7. The van der Waals surface area contributed by atoms with Crippen molar-refractivity contribution in [1.29, 1.82) is 0 Å². The first-order valence-electron chi connectivity index (χ1n) is 8.79. The Hall–Kier alpha value is -1.02. The zero-order chi connectivity index (χ0) is 18.5. The number of ether oxygens (including phenoxy) is 1. The van der Waals surface area contributed by atoms with Gasteiger partial charge < -0.3 is 25.2 Å². The number of unbranched alkanes of at least 4 members (excludes halogenated alkanes) is 4. The van der Waals surface area contributed by atoms with Gasteiger partial charge in [-0.3, -0.25) is 4.79 Å². The van der Waals surface area contributed by atoms with Gasteiger partial charge >= 0.3 is 11.9 Å². The van der Waals surface area contributed by atoms with Crippen molar-refractivity contribution in [2.45, 2.75) is 83.5 Å². The molecule has 24 heavy (non-hydrogen) atoms. The van der Waals surface area contributed by atoms with E-state index in [-0.39, 0.29) is 6.42 Å². The molecule has 0 amide bonds. The van der Waals surface area contributed by atoms with Crippen LogP contribution in [0.2, 0.25) is 0 Å². The second-order valence-corrected chi connectivity index (χ2v) is 6.09. The summed E-state index contributed by atoms with van der Waals surface area (Å²) in [5.74, 6) is -3.27. The number of hydrogen-bond donors (Lipinski definition) is 4. The number of hydrogen-bond acceptors (Lipinski definition) is 7. The van der Waals surface area contributed by atoms with Crippen LogP contribution >= 0.6 is 0 Å². The molecule has 0 aliphatic rings. The molecule has 0 spiro atoms. The van der Waals surface area contributed by atoms with Gasteiger partial charge in [-0.1, -0.05) is 52.4 Å². The zero-order valence-corrected chi connectivity index (χ0v) is 14.7. The van der Waals surface area contributed by atoms with Crippen LogP contribution in [-0.4, -0.2) is 57.3 Å². The summed E-state index contributed by atoms with van der Waals surface area (Å²) in [7, 11) is 0. The van der Waals surface area contributed by atoms with Crippen LogP contribution in [0, 0.1) is 5.92 Å². The lowest BCUT2D eigenvalue weighted by Gasteiger charge is -2.25. The molecule has 0 radical (unpaired) electrons. The van der Waals surface area contributed by atoms with Gasteiger partial charge in [0.15, 0.2) is 6.10 Å². The van der Waals surface area contributed by atoms with Gasteiger partial charge in [-0.2, -0.15) is 0 Å². The van der Waals surface area contributed by atoms with Crippen LogP contribution in [0.5, 0.6) is 0 Å². The van der Waals surface area contributed by atoms with Crippen molar-refractivity contribution >= 4 is 11.9 Å². The van der Waals surface area contributed by atoms with Crippen LogP contribution in [0.15, 0.2) is 0 Å². The SMILES string of the molecule is CCCCCCC(C(=O)OC(=O)C(O)CO)C(O)C(O)CCCC. The Bertz CT molecular complexity index is 359. The Kier molecular flexibility index (Phi) is 12.7. The Morgan fingerprint density at radius 1 is 0.875 bits per heavy atom. The molecule has 7 heteroatoms. The minimum atomic E-state index is -1.79. The van der Waals surface area contributed by atoms with Crippen LogP contribution in [0.3, 0.4) is 0 Å². The summed E-state index contributed by atoms with van der Waals surface area (Å²) in [6.45, 7) is 3.14. The Morgan fingerprint density at radius 2 is 1.50 bits per heavy atom. The van der Waals surface area contributed by atoms with Crippen molar-refractivity contribution in [1.82, 2.24) is 0 Å². The van der Waals surface area contributed by atoms with Crippen LogP contribution < -0.4 is 0 Å². The molecular formula is C17H32O7. The molecule has 142 valence electrons. The van der Waals surface area contributed by atoms with Gasteiger partial charge in [0.2, 0.25) is 0 Å². The highest BCUT2D eigenvalue weighted by Gasteiger charge is 2.34. The molecule has 4 N–H and O–H groups in total.